The van der Waals surface area contributed by atoms with Crippen LogP contribution >= 0.6 is 12.2 Å². The van der Waals surface area contributed by atoms with Gasteiger partial charge in [-0.25, -0.2) is 0 Å². The topological polar surface area (TPSA) is 96.7 Å². The third kappa shape index (κ3) is 2.49. The number of hydrogen-bond acceptors (Lipinski definition) is 6. The second kappa shape index (κ2) is 5.51. The van der Waals surface area contributed by atoms with Crippen LogP contribution in [0.25, 0.3) is 0 Å². The summed E-state index contributed by atoms with van der Waals surface area (Å²) in [6.07, 6.45) is -1.53. The van der Waals surface area contributed by atoms with E-state index in [2.05, 4.69) is 4.98 Å². The van der Waals surface area contributed by atoms with E-state index in [1.807, 2.05) is 0 Å². The first-order valence-corrected chi connectivity index (χ1v) is 6.19. The molecule has 0 aliphatic carbocycles. The van der Waals surface area contributed by atoms with Gasteiger partial charge in [-0.15, -0.1) is 0 Å². The zero-order valence-corrected chi connectivity index (χ0v) is 11.4. The average Bonchev–Trinajstić information content (AvgIpc) is 2.70. The minimum absolute atomic E-state index is 0.174. The molecular weight excluding hydrogens is 272 g/mol. The SMILES string of the molecule is COC1C(O)[C@@H](CO)O[C@H]1n1cc(C)c(=O)[nH]c1=S. The highest BCUT2D eigenvalue weighted by atomic mass is 32.1. The molecule has 0 spiro atoms. The molecule has 0 bridgehead atoms. The number of methoxy groups -OCH3 is 1. The number of aliphatic hydroxyl groups is 2. The number of ether oxygens (including phenoxy) is 2. The van der Waals surface area contributed by atoms with Gasteiger partial charge in [0.05, 0.1) is 6.61 Å². The van der Waals surface area contributed by atoms with Crippen LogP contribution in [0.5, 0.6) is 0 Å². The molecular formula is C11H16N2O5S. The Morgan fingerprint density at radius 3 is 2.89 bits per heavy atom. The van der Waals surface area contributed by atoms with E-state index in [4.69, 9.17) is 26.8 Å². The number of hydrogen-bond donors (Lipinski definition) is 3. The van der Waals surface area contributed by atoms with Crippen LogP contribution in [0.1, 0.15) is 11.8 Å². The second-order valence-electron chi connectivity index (χ2n) is 4.42. The molecule has 1 aromatic rings. The number of nitrogens with one attached hydrogen (secondary N) is 1. The van der Waals surface area contributed by atoms with Gasteiger partial charge in [0.15, 0.2) is 11.0 Å². The van der Waals surface area contributed by atoms with Gasteiger partial charge in [0.2, 0.25) is 0 Å². The minimum atomic E-state index is -0.964. The Labute approximate surface area is 114 Å². The molecule has 3 N–H and O–H groups in total. The summed E-state index contributed by atoms with van der Waals surface area (Å²) in [6.45, 7) is 1.31. The number of rotatable bonds is 3. The lowest BCUT2D eigenvalue weighted by Crippen LogP contribution is -2.35. The summed E-state index contributed by atoms with van der Waals surface area (Å²) in [6, 6.07) is 0. The van der Waals surface area contributed by atoms with Gasteiger partial charge in [-0.2, -0.15) is 0 Å². The zero-order chi connectivity index (χ0) is 14.2. The van der Waals surface area contributed by atoms with Crippen LogP contribution in [0.4, 0.5) is 0 Å². The second-order valence-corrected chi connectivity index (χ2v) is 4.80. The van der Waals surface area contributed by atoms with E-state index in [-0.39, 0.29) is 16.9 Å². The van der Waals surface area contributed by atoms with Crippen LogP contribution in [-0.2, 0) is 9.47 Å². The highest BCUT2D eigenvalue weighted by molar-refractivity contribution is 7.71. The van der Waals surface area contributed by atoms with Crippen LogP contribution in [0.2, 0.25) is 0 Å². The molecule has 2 unspecified atom stereocenters. The maximum atomic E-state index is 11.4. The maximum Gasteiger partial charge on any atom is 0.254 e. The van der Waals surface area contributed by atoms with Crippen molar-refractivity contribution >= 4 is 12.2 Å². The van der Waals surface area contributed by atoms with E-state index in [1.165, 1.54) is 11.7 Å². The van der Waals surface area contributed by atoms with Crippen molar-refractivity contribution in [2.24, 2.45) is 0 Å². The third-order valence-electron chi connectivity index (χ3n) is 3.18. The van der Waals surface area contributed by atoms with Gasteiger partial charge in [-0.1, -0.05) is 0 Å². The van der Waals surface area contributed by atoms with Crippen molar-refractivity contribution in [3.05, 3.63) is 26.9 Å². The van der Waals surface area contributed by atoms with Crippen molar-refractivity contribution in [1.82, 2.24) is 9.55 Å². The molecule has 1 aliphatic rings. The van der Waals surface area contributed by atoms with Crippen molar-refractivity contribution in [1.29, 1.82) is 0 Å². The molecule has 1 saturated heterocycles. The Morgan fingerprint density at radius 2 is 2.32 bits per heavy atom. The Bertz CT molecular complexity index is 569. The molecule has 1 aliphatic heterocycles. The number of nitrogens with zero attached hydrogens (tertiary/aromatic N) is 1. The smallest absolute Gasteiger partial charge is 0.254 e. The van der Waals surface area contributed by atoms with Gasteiger partial charge in [0, 0.05) is 18.9 Å². The van der Waals surface area contributed by atoms with Crippen molar-refractivity contribution in [3.63, 3.8) is 0 Å². The van der Waals surface area contributed by atoms with Crippen LogP contribution < -0.4 is 5.56 Å². The summed E-state index contributed by atoms with van der Waals surface area (Å²) in [5.74, 6) is 0. The molecule has 0 radical (unpaired) electrons. The molecule has 7 nitrogen and oxygen atoms in total. The van der Waals surface area contributed by atoms with Gasteiger partial charge < -0.3 is 19.7 Å². The van der Waals surface area contributed by atoms with E-state index < -0.39 is 24.5 Å². The fraction of sp³-hybridized carbons (Fsp3) is 0.636. The summed E-state index contributed by atoms with van der Waals surface area (Å²) in [7, 11) is 1.44. The molecule has 8 heteroatoms. The lowest BCUT2D eigenvalue weighted by molar-refractivity contribution is -0.0616. The summed E-state index contributed by atoms with van der Waals surface area (Å²) in [5, 5.41) is 19.1. The fourth-order valence-corrected chi connectivity index (χ4v) is 2.37. The average molecular weight is 288 g/mol. The molecule has 1 fully saturated rings. The molecule has 19 heavy (non-hydrogen) atoms. The fourth-order valence-electron chi connectivity index (χ4n) is 2.12. The molecule has 2 heterocycles. The quantitative estimate of drug-likeness (QED) is 0.648. The molecule has 4 atom stereocenters. The Hall–Kier alpha value is -1.06. The van der Waals surface area contributed by atoms with Gasteiger partial charge in [0.1, 0.15) is 18.3 Å². The largest absolute Gasteiger partial charge is 0.394 e. The monoisotopic (exact) mass is 288 g/mol. The molecule has 0 aromatic carbocycles. The third-order valence-corrected chi connectivity index (χ3v) is 3.50. The Kier molecular flexibility index (Phi) is 4.16. The van der Waals surface area contributed by atoms with E-state index >= 15 is 0 Å². The van der Waals surface area contributed by atoms with Crippen LogP contribution in [-0.4, -0.2) is 51.8 Å². The lowest BCUT2D eigenvalue weighted by Gasteiger charge is -2.21. The first-order chi connectivity index (χ1) is 8.99. The first-order valence-electron chi connectivity index (χ1n) is 5.78. The molecule has 0 amide bonds. The van der Waals surface area contributed by atoms with Crippen LogP contribution in [0.15, 0.2) is 11.0 Å². The standard InChI is InChI=1S/C11H16N2O5S/c1-5-3-13(11(19)12-9(5)16)10-8(17-2)7(15)6(4-14)18-10/h3,6-8,10,14-15H,4H2,1-2H3,(H,12,16,19)/t6-,7?,8?,10-/m1/s1. The highest BCUT2D eigenvalue weighted by Crippen LogP contribution is 2.31. The summed E-state index contributed by atoms with van der Waals surface area (Å²) < 4.78 is 12.4. The normalized spacial score (nSPS) is 30.7. The highest BCUT2D eigenvalue weighted by Gasteiger charge is 2.44. The van der Waals surface area contributed by atoms with Crippen molar-refractivity contribution in [2.45, 2.75) is 31.5 Å². The molecule has 0 saturated carbocycles. The van der Waals surface area contributed by atoms with Gasteiger partial charge >= 0.3 is 0 Å². The number of H-pyrrole nitrogens is 1. The first kappa shape index (κ1) is 14.4. The zero-order valence-electron chi connectivity index (χ0n) is 10.6. The Morgan fingerprint density at radius 1 is 1.63 bits per heavy atom. The van der Waals surface area contributed by atoms with Crippen molar-refractivity contribution < 1.29 is 19.7 Å². The molecule has 106 valence electrons. The van der Waals surface area contributed by atoms with Crippen LogP contribution in [0, 0.1) is 11.7 Å². The van der Waals surface area contributed by atoms with Gasteiger partial charge in [-0.05, 0) is 19.1 Å². The number of aryl methyl sites for hydroxylation is 1. The van der Waals surface area contributed by atoms with E-state index in [0.717, 1.165) is 0 Å². The predicted molar refractivity (Wildman–Crippen MR) is 68.4 cm³/mol. The van der Waals surface area contributed by atoms with E-state index in [0.29, 0.717) is 5.56 Å². The van der Waals surface area contributed by atoms with Crippen molar-refractivity contribution in [2.75, 3.05) is 13.7 Å². The van der Waals surface area contributed by atoms with Gasteiger partial charge in [0.25, 0.3) is 5.56 Å². The number of aromatic amines is 1. The molecule has 1 aromatic heterocycles. The van der Waals surface area contributed by atoms with Crippen LogP contribution in [0.3, 0.4) is 0 Å². The van der Waals surface area contributed by atoms with E-state index in [9.17, 15) is 9.90 Å². The minimum Gasteiger partial charge on any atom is -0.394 e. The van der Waals surface area contributed by atoms with Gasteiger partial charge in [-0.3, -0.25) is 14.3 Å². The summed E-state index contributed by atoms with van der Waals surface area (Å²) in [5.41, 5.74) is 0.196. The maximum absolute atomic E-state index is 11.4. The number of aliphatic hydroxyl groups excluding tert-OH is 2. The summed E-state index contributed by atoms with van der Waals surface area (Å²) in [4.78, 5) is 14.0. The Balaban J connectivity index is 2.44. The number of aromatic nitrogens is 2. The van der Waals surface area contributed by atoms with E-state index in [1.54, 1.807) is 13.1 Å². The lowest BCUT2D eigenvalue weighted by atomic mass is 10.1. The molecule has 2 rings (SSSR count). The summed E-state index contributed by atoms with van der Waals surface area (Å²) >= 11 is 5.08. The van der Waals surface area contributed by atoms with Crippen molar-refractivity contribution in [3.8, 4) is 0 Å². The predicted octanol–water partition coefficient (Wildman–Crippen LogP) is -0.520.